The van der Waals surface area contributed by atoms with Crippen molar-refractivity contribution < 1.29 is 4.79 Å². The molecule has 0 atom stereocenters. The van der Waals surface area contributed by atoms with Crippen LogP contribution in [0.4, 0.5) is 11.4 Å². The molecule has 0 fully saturated rings. The molecular formula is C13H13N3O. The minimum Gasteiger partial charge on any atom is -0.366 e. The molecule has 1 amide bonds. The summed E-state index contributed by atoms with van der Waals surface area (Å²) in [5, 5.41) is 3.22. The van der Waals surface area contributed by atoms with E-state index in [-0.39, 0.29) is 0 Å². The number of pyridine rings is 1. The summed E-state index contributed by atoms with van der Waals surface area (Å²) in [5.74, 6) is -0.420. The number of nitrogens with zero attached hydrogens (tertiary/aromatic N) is 1. The van der Waals surface area contributed by atoms with Gasteiger partial charge in [-0.15, -0.1) is 0 Å². The number of aryl methyl sites for hydroxylation is 1. The zero-order valence-corrected chi connectivity index (χ0v) is 9.47. The first-order valence-electron chi connectivity index (χ1n) is 5.25. The quantitative estimate of drug-likeness (QED) is 0.844. The Morgan fingerprint density at radius 3 is 2.47 bits per heavy atom. The van der Waals surface area contributed by atoms with Crippen LogP contribution in [-0.4, -0.2) is 10.9 Å². The minimum atomic E-state index is -0.420. The number of nitrogens with two attached hydrogens (primary N) is 1. The van der Waals surface area contributed by atoms with Gasteiger partial charge < -0.3 is 11.1 Å². The number of aromatic nitrogens is 1. The highest BCUT2D eigenvalue weighted by molar-refractivity contribution is 5.93. The second-order valence-corrected chi connectivity index (χ2v) is 3.75. The van der Waals surface area contributed by atoms with Crippen molar-refractivity contribution in [2.45, 2.75) is 6.92 Å². The van der Waals surface area contributed by atoms with Crippen molar-refractivity contribution in [1.82, 2.24) is 4.98 Å². The van der Waals surface area contributed by atoms with Crippen LogP contribution in [0.25, 0.3) is 0 Å². The average Bonchev–Trinajstić information content (AvgIpc) is 2.29. The second kappa shape index (κ2) is 4.65. The first-order chi connectivity index (χ1) is 8.15. The largest absolute Gasteiger partial charge is 0.366 e. The Hall–Kier alpha value is -2.36. The minimum absolute atomic E-state index is 0.420. The molecule has 4 heteroatoms. The zero-order valence-electron chi connectivity index (χ0n) is 9.47. The molecule has 2 rings (SSSR count). The summed E-state index contributed by atoms with van der Waals surface area (Å²) in [6, 6.07) is 10.8. The van der Waals surface area contributed by atoms with E-state index in [1.165, 1.54) is 0 Å². The van der Waals surface area contributed by atoms with E-state index in [0.29, 0.717) is 5.56 Å². The molecule has 0 saturated heterocycles. The van der Waals surface area contributed by atoms with Crippen LogP contribution >= 0.6 is 0 Å². The fourth-order valence-corrected chi connectivity index (χ4v) is 1.51. The topological polar surface area (TPSA) is 68.0 Å². The van der Waals surface area contributed by atoms with E-state index in [1.807, 2.05) is 31.2 Å². The number of carbonyl (C=O) groups is 1. The molecule has 0 aliphatic rings. The summed E-state index contributed by atoms with van der Waals surface area (Å²) in [4.78, 5) is 15.0. The molecule has 4 nitrogen and oxygen atoms in total. The predicted molar refractivity (Wildman–Crippen MR) is 67.2 cm³/mol. The highest BCUT2D eigenvalue weighted by Crippen LogP contribution is 2.16. The van der Waals surface area contributed by atoms with Gasteiger partial charge in [0.15, 0.2) is 0 Å². The molecule has 0 bridgehead atoms. The number of hydrogen-bond donors (Lipinski definition) is 2. The summed E-state index contributed by atoms with van der Waals surface area (Å²) in [5.41, 5.74) is 8.48. The maximum absolute atomic E-state index is 10.9. The molecule has 1 aromatic carbocycles. The number of benzene rings is 1. The van der Waals surface area contributed by atoms with Crippen molar-refractivity contribution in [3.8, 4) is 0 Å². The first-order valence-corrected chi connectivity index (χ1v) is 5.25. The Bertz CT molecular complexity index is 535. The van der Waals surface area contributed by atoms with Crippen LogP contribution in [-0.2, 0) is 0 Å². The van der Waals surface area contributed by atoms with Crippen molar-refractivity contribution in [3.63, 3.8) is 0 Å². The highest BCUT2D eigenvalue weighted by Gasteiger charge is 2.00. The van der Waals surface area contributed by atoms with Crippen LogP contribution in [0.2, 0.25) is 0 Å². The van der Waals surface area contributed by atoms with Crippen molar-refractivity contribution in [3.05, 3.63) is 53.9 Å². The van der Waals surface area contributed by atoms with E-state index >= 15 is 0 Å². The van der Waals surface area contributed by atoms with E-state index < -0.39 is 5.91 Å². The van der Waals surface area contributed by atoms with Gasteiger partial charge in [-0.2, -0.15) is 0 Å². The lowest BCUT2D eigenvalue weighted by atomic mass is 10.2. The summed E-state index contributed by atoms with van der Waals surface area (Å²) in [7, 11) is 0. The Balaban J connectivity index is 2.16. The lowest BCUT2D eigenvalue weighted by molar-refractivity contribution is 0.100. The van der Waals surface area contributed by atoms with E-state index in [1.54, 1.807) is 18.3 Å². The number of carbonyl (C=O) groups excluding carboxylic acids is 1. The van der Waals surface area contributed by atoms with Gasteiger partial charge in [0.05, 0.1) is 0 Å². The molecule has 17 heavy (non-hydrogen) atoms. The van der Waals surface area contributed by atoms with Gasteiger partial charge in [-0.05, 0) is 43.3 Å². The SMILES string of the molecule is Cc1cc(Nc2ccc(C(N)=O)cc2)ccn1. The third kappa shape index (κ3) is 2.81. The Morgan fingerprint density at radius 1 is 1.18 bits per heavy atom. The molecule has 0 aliphatic heterocycles. The molecule has 0 radical (unpaired) electrons. The molecule has 0 unspecified atom stereocenters. The predicted octanol–water partition coefficient (Wildman–Crippen LogP) is 2.23. The van der Waals surface area contributed by atoms with Gasteiger partial charge in [0.1, 0.15) is 0 Å². The number of rotatable bonds is 3. The van der Waals surface area contributed by atoms with Gasteiger partial charge in [-0.25, -0.2) is 0 Å². The molecule has 0 spiro atoms. The van der Waals surface area contributed by atoms with E-state index in [0.717, 1.165) is 17.1 Å². The van der Waals surface area contributed by atoms with E-state index in [2.05, 4.69) is 10.3 Å². The summed E-state index contributed by atoms with van der Waals surface area (Å²) >= 11 is 0. The Labute approximate surface area is 99.5 Å². The van der Waals surface area contributed by atoms with Crippen LogP contribution in [0, 0.1) is 6.92 Å². The third-order valence-corrected chi connectivity index (χ3v) is 2.35. The summed E-state index contributed by atoms with van der Waals surface area (Å²) in [6.45, 7) is 1.93. The molecule has 3 N–H and O–H groups in total. The molecule has 2 aromatic rings. The number of primary amides is 1. The summed E-state index contributed by atoms with van der Waals surface area (Å²) in [6.07, 6.45) is 1.75. The smallest absolute Gasteiger partial charge is 0.248 e. The lowest BCUT2D eigenvalue weighted by Gasteiger charge is -2.07. The zero-order chi connectivity index (χ0) is 12.3. The monoisotopic (exact) mass is 227 g/mol. The Morgan fingerprint density at radius 2 is 1.88 bits per heavy atom. The third-order valence-electron chi connectivity index (χ3n) is 2.35. The first kappa shape index (κ1) is 11.1. The molecular weight excluding hydrogens is 214 g/mol. The van der Waals surface area contributed by atoms with Gasteiger partial charge in [-0.1, -0.05) is 0 Å². The van der Waals surface area contributed by atoms with Gasteiger partial charge in [0.25, 0.3) is 0 Å². The molecule has 86 valence electrons. The van der Waals surface area contributed by atoms with Crippen molar-refractivity contribution in [1.29, 1.82) is 0 Å². The van der Waals surface area contributed by atoms with Gasteiger partial charge in [0.2, 0.25) is 5.91 Å². The number of amides is 1. The van der Waals surface area contributed by atoms with Crippen molar-refractivity contribution >= 4 is 17.3 Å². The molecule has 0 aliphatic carbocycles. The van der Waals surface area contributed by atoms with Crippen LogP contribution in [0.15, 0.2) is 42.6 Å². The fraction of sp³-hybridized carbons (Fsp3) is 0.0769. The maximum Gasteiger partial charge on any atom is 0.248 e. The Kier molecular flexibility index (Phi) is 3.05. The number of anilines is 2. The standard InChI is InChI=1S/C13H13N3O/c1-9-8-12(6-7-15-9)16-11-4-2-10(3-5-11)13(14)17/h2-8H,1H3,(H2,14,17)(H,15,16). The second-order valence-electron chi connectivity index (χ2n) is 3.75. The maximum atomic E-state index is 10.9. The highest BCUT2D eigenvalue weighted by atomic mass is 16.1. The van der Waals surface area contributed by atoms with Gasteiger partial charge in [-0.3, -0.25) is 9.78 Å². The van der Waals surface area contributed by atoms with E-state index in [4.69, 9.17) is 5.73 Å². The van der Waals surface area contributed by atoms with Gasteiger partial charge in [0, 0.05) is 28.8 Å². The van der Waals surface area contributed by atoms with Gasteiger partial charge >= 0.3 is 0 Å². The van der Waals surface area contributed by atoms with Crippen molar-refractivity contribution in [2.24, 2.45) is 5.73 Å². The van der Waals surface area contributed by atoms with Crippen molar-refractivity contribution in [2.75, 3.05) is 5.32 Å². The normalized spacial score (nSPS) is 9.94. The molecule has 1 aromatic heterocycles. The average molecular weight is 227 g/mol. The molecule has 1 heterocycles. The number of hydrogen-bond acceptors (Lipinski definition) is 3. The van der Waals surface area contributed by atoms with Crippen LogP contribution in [0.1, 0.15) is 16.1 Å². The van der Waals surface area contributed by atoms with Crippen LogP contribution in [0.3, 0.4) is 0 Å². The molecule has 0 saturated carbocycles. The van der Waals surface area contributed by atoms with Crippen LogP contribution in [0.5, 0.6) is 0 Å². The number of nitrogens with one attached hydrogen (secondary N) is 1. The fourth-order valence-electron chi connectivity index (χ4n) is 1.51. The van der Waals surface area contributed by atoms with E-state index in [9.17, 15) is 4.79 Å². The van der Waals surface area contributed by atoms with Crippen LogP contribution < -0.4 is 11.1 Å². The lowest BCUT2D eigenvalue weighted by Crippen LogP contribution is -2.10. The summed E-state index contributed by atoms with van der Waals surface area (Å²) < 4.78 is 0.